The molecule has 0 spiro atoms. The van der Waals surface area contributed by atoms with Crippen molar-refractivity contribution in [2.45, 2.75) is 6.92 Å². The fraction of sp³-hybridized carbons (Fsp3) is 0.200. The van der Waals surface area contributed by atoms with Crippen LogP contribution in [0.1, 0.15) is 6.92 Å². The number of para-hydroxylation sites is 1. The van der Waals surface area contributed by atoms with Crippen LogP contribution in [0, 0.1) is 0 Å². The van der Waals surface area contributed by atoms with E-state index in [1.807, 2.05) is 18.2 Å². The van der Waals surface area contributed by atoms with Crippen LogP contribution in [0.15, 0.2) is 55.1 Å². The lowest BCUT2D eigenvalue weighted by Gasteiger charge is -2.21. The average Bonchev–Trinajstić information content (AvgIpc) is 2.44. The fourth-order valence-electron chi connectivity index (χ4n) is 1.50. The first kappa shape index (κ1) is 14.7. The van der Waals surface area contributed by atoms with Gasteiger partial charge in [0.2, 0.25) is 0 Å². The second-order valence-electron chi connectivity index (χ2n) is 3.79. The molecule has 0 aliphatic rings. The number of carbonyl (C=O) groups is 2. The standard InChI is InChI=1S/C15H17NO3/c1-4-14(17)16(13-9-7-6-8-10-13)11-12(3)15(18)19-5-2/h4,6-10H,1,3,5,11H2,2H3. The number of rotatable bonds is 6. The molecule has 1 rings (SSSR count). The van der Waals surface area contributed by atoms with Crippen molar-refractivity contribution in [3.63, 3.8) is 0 Å². The second kappa shape index (κ2) is 7.16. The van der Waals surface area contributed by atoms with Crippen LogP contribution >= 0.6 is 0 Å². The molecule has 0 aromatic heterocycles. The number of esters is 1. The Morgan fingerprint density at radius 2 is 1.95 bits per heavy atom. The Morgan fingerprint density at radius 1 is 1.32 bits per heavy atom. The summed E-state index contributed by atoms with van der Waals surface area (Å²) in [6.45, 7) is 9.18. The van der Waals surface area contributed by atoms with E-state index in [0.717, 1.165) is 0 Å². The van der Waals surface area contributed by atoms with Crippen molar-refractivity contribution in [3.8, 4) is 0 Å². The molecule has 100 valence electrons. The third-order valence-electron chi connectivity index (χ3n) is 2.42. The summed E-state index contributed by atoms with van der Waals surface area (Å²) in [6, 6.07) is 9.03. The van der Waals surface area contributed by atoms with Crippen LogP contribution < -0.4 is 4.90 Å². The molecule has 0 N–H and O–H groups in total. The zero-order valence-electron chi connectivity index (χ0n) is 11.0. The highest BCUT2D eigenvalue weighted by Crippen LogP contribution is 2.15. The van der Waals surface area contributed by atoms with Crippen molar-refractivity contribution in [1.82, 2.24) is 0 Å². The summed E-state index contributed by atoms with van der Waals surface area (Å²) in [7, 11) is 0. The molecule has 0 atom stereocenters. The van der Waals surface area contributed by atoms with E-state index in [4.69, 9.17) is 4.74 Å². The summed E-state index contributed by atoms with van der Waals surface area (Å²) >= 11 is 0. The molecule has 1 aromatic carbocycles. The molecule has 19 heavy (non-hydrogen) atoms. The number of hydrogen-bond acceptors (Lipinski definition) is 3. The Morgan fingerprint density at radius 3 is 2.47 bits per heavy atom. The molecule has 0 radical (unpaired) electrons. The van der Waals surface area contributed by atoms with Crippen molar-refractivity contribution in [1.29, 1.82) is 0 Å². The highest BCUT2D eigenvalue weighted by Gasteiger charge is 2.17. The first-order valence-electron chi connectivity index (χ1n) is 5.94. The molecule has 1 amide bonds. The van der Waals surface area contributed by atoms with E-state index in [2.05, 4.69) is 13.2 Å². The fourth-order valence-corrected chi connectivity index (χ4v) is 1.50. The van der Waals surface area contributed by atoms with Gasteiger partial charge in [0.15, 0.2) is 0 Å². The van der Waals surface area contributed by atoms with Gasteiger partial charge in [-0.15, -0.1) is 0 Å². The largest absolute Gasteiger partial charge is 0.463 e. The number of ether oxygens (including phenoxy) is 1. The van der Waals surface area contributed by atoms with Crippen molar-refractivity contribution in [2.24, 2.45) is 0 Å². The number of amides is 1. The van der Waals surface area contributed by atoms with Crippen LogP contribution in [0.4, 0.5) is 5.69 Å². The summed E-state index contributed by atoms with van der Waals surface area (Å²) in [4.78, 5) is 24.8. The lowest BCUT2D eigenvalue weighted by Crippen LogP contribution is -2.33. The third-order valence-corrected chi connectivity index (χ3v) is 2.42. The smallest absolute Gasteiger partial charge is 0.335 e. The lowest BCUT2D eigenvalue weighted by molar-refractivity contribution is -0.138. The maximum Gasteiger partial charge on any atom is 0.335 e. The number of benzene rings is 1. The SMILES string of the molecule is C=CC(=O)N(CC(=C)C(=O)OCC)c1ccccc1. The summed E-state index contributed by atoms with van der Waals surface area (Å²) in [5.41, 5.74) is 0.902. The van der Waals surface area contributed by atoms with Crippen LogP contribution in [-0.4, -0.2) is 25.0 Å². The van der Waals surface area contributed by atoms with Crippen LogP contribution in [-0.2, 0) is 14.3 Å². The molecular weight excluding hydrogens is 242 g/mol. The summed E-state index contributed by atoms with van der Waals surface area (Å²) in [5.74, 6) is -0.794. The van der Waals surface area contributed by atoms with E-state index in [1.54, 1.807) is 19.1 Å². The lowest BCUT2D eigenvalue weighted by atomic mass is 10.2. The quantitative estimate of drug-likeness (QED) is 0.582. The zero-order valence-corrected chi connectivity index (χ0v) is 11.0. The van der Waals surface area contributed by atoms with Gasteiger partial charge in [-0.2, -0.15) is 0 Å². The molecule has 0 saturated heterocycles. The Labute approximate surface area is 113 Å². The van der Waals surface area contributed by atoms with Gasteiger partial charge in [0, 0.05) is 11.3 Å². The van der Waals surface area contributed by atoms with E-state index < -0.39 is 5.97 Å². The van der Waals surface area contributed by atoms with Crippen molar-refractivity contribution in [2.75, 3.05) is 18.1 Å². The minimum atomic E-state index is -0.500. The predicted molar refractivity (Wildman–Crippen MR) is 74.8 cm³/mol. The van der Waals surface area contributed by atoms with Crippen LogP contribution in [0.25, 0.3) is 0 Å². The van der Waals surface area contributed by atoms with Gasteiger partial charge in [0.05, 0.1) is 13.2 Å². The first-order chi connectivity index (χ1) is 9.10. The second-order valence-corrected chi connectivity index (χ2v) is 3.79. The molecule has 1 aromatic rings. The molecular formula is C15H17NO3. The van der Waals surface area contributed by atoms with E-state index in [0.29, 0.717) is 5.69 Å². The maximum atomic E-state index is 11.8. The van der Waals surface area contributed by atoms with Crippen molar-refractivity contribution < 1.29 is 14.3 Å². The normalized spacial score (nSPS) is 9.53. The molecule has 0 aliphatic carbocycles. The number of nitrogens with zero attached hydrogens (tertiary/aromatic N) is 1. The zero-order chi connectivity index (χ0) is 14.3. The Balaban J connectivity index is 2.88. The van der Waals surface area contributed by atoms with Gasteiger partial charge in [-0.3, -0.25) is 4.79 Å². The van der Waals surface area contributed by atoms with Gasteiger partial charge in [0.25, 0.3) is 5.91 Å². The van der Waals surface area contributed by atoms with Crippen LogP contribution in [0.5, 0.6) is 0 Å². The van der Waals surface area contributed by atoms with Gasteiger partial charge in [-0.25, -0.2) is 4.79 Å². The molecule has 0 fully saturated rings. The molecule has 4 nitrogen and oxygen atoms in total. The molecule has 0 unspecified atom stereocenters. The highest BCUT2D eigenvalue weighted by atomic mass is 16.5. The average molecular weight is 259 g/mol. The molecule has 4 heteroatoms. The first-order valence-corrected chi connectivity index (χ1v) is 5.94. The third kappa shape index (κ3) is 4.10. The Hall–Kier alpha value is -2.36. The maximum absolute atomic E-state index is 11.8. The van der Waals surface area contributed by atoms with E-state index in [9.17, 15) is 9.59 Å². The molecule has 0 saturated carbocycles. The Bertz CT molecular complexity index is 479. The minimum absolute atomic E-state index is 0.0771. The van der Waals surface area contributed by atoms with Gasteiger partial charge in [-0.05, 0) is 25.1 Å². The van der Waals surface area contributed by atoms with E-state index >= 15 is 0 Å². The molecule has 0 aliphatic heterocycles. The van der Waals surface area contributed by atoms with Crippen LogP contribution in [0.2, 0.25) is 0 Å². The number of carbonyl (C=O) groups excluding carboxylic acids is 2. The topological polar surface area (TPSA) is 46.6 Å². The molecule has 0 bridgehead atoms. The predicted octanol–water partition coefficient (Wildman–Crippen LogP) is 2.32. The Kier molecular flexibility index (Phi) is 5.54. The van der Waals surface area contributed by atoms with Crippen molar-refractivity contribution in [3.05, 3.63) is 55.1 Å². The number of hydrogen-bond donors (Lipinski definition) is 0. The molecule has 0 heterocycles. The minimum Gasteiger partial charge on any atom is -0.463 e. The summed E-state index contributed by atoms with van der Waals surface area (Å²) < 4.78 is 4.85. The van der Waals surface area contributed by atoms with Crippen LogP contribution in [0.3, 0.4) is 0 Å². The number of anilines is 1. The van der Waals surface area contributed by atoms with Crippen molar-refractivity contribution >= 4 is 17.6 Å². The van der Waals surface area contributed by atoms with E-state index in [-0.39, 0.29) is 24.6 Å². The summed E-state index contributed by atoms with van der Waals surface area (Å²) in [6.07, 6.45) is 1.20. The van der Waals surface area contributed by atoms with Gasteiger partial charge in [-0.1, -0.05) is 31.4 Å². The van der Waals surface area contributed by atoms with E-state index in [1.165, 1.54) is 11.0 Å². The van der Waals surface area contributed by atoms with Gasteiger partial charge in [0.1, 0.15) is 0 Å². The monoisotopic (exact) mass is 259 g/mol. The summed E-state index contributed by atoms with van der Waals surface area (Å²) in [5, 5.41) is 0. The van der Waals surface area contributed by atoms with Gasteiger partial charge < -0.3 is 9.64 Å². The van der Waals surface area contributed by atoms with Gasteiger partial charge >= 0.3 is 5.97 Å². The highest BCUT2D eigenvalue weighted by molar-refractivity contribution is 6.03.